The zero-order valence-corrected chi connectivity index (χ0v) is 22.8. The monoisotopic (exact) mass is 514 g/mol. The molecule has 2 aromatic rings. The van der Waals surface area contributed by atoms with Gasteiger partial charge in [-0.2, -0.15) is 0 Å². The molecule has 3 rings (SSSR count). The Hall–Kier alpha value is -2.43. The zero-order valence-electron chi connectivity index (χ0n) is 22.8. The fourth-order valence-corrected chi connectivity index (χ4v) is 4.92. The molecule has 0 bridgehead atoms. The summed E-state index contributed by atoms with van der Waals surface area (Å²) < 4.78 is 40.3. The Morgan fingerprint density at radius 3 is 1.97 bits per heavy atom. The highest BCUT2D eigenvalue weighted by molar-refractivity contribution is 5.80. The molecular weight excluding hydrogens is 470 g/mol. The van der Waals surface area contributed by atoms with Crippen molar-refractivity contribution in [3.05, 3.63) is 54.1 Å². The predicted molar refractivity (Wildman–Crippen MR) is 146 cm³/mol. The lowest BCUT2D eigenvalue weighted by Gasteiger charge is -2.13. The van der Waals surface area contributed by atoms with E-state index in [-0.39, 0.29) is 6.10 Å². The topological polar surface area (TPSA) is 35.5 Å². The van der Waals surface area contributed by atoms with Crippen LogP contribution >= 0.6 is 0 Å². The van der Waals surface area contributed by atoms with E-state index in [1.165, 1.54) is 32.1 Å². The van der Waals surface area contributed by atoms with E-state index in [0.717, 1.165) is 55.6 Å². The van der Waals surface area contributed by atoms with Gasteiger partial charge in [-0.3, -0.25) is 4.79 Å². The van der Waals surface area contributed by atoms with Crippen molar-refractivity contribution in [1.82, 2.24) is 0 Å². The van der Waals surface area contributed by atoms with Crippen molar-refractivity contribution in [3.8, 4) is 16.9 Å². The SMILES string of the molecule is CCCCCCCCOc1ccc(-c2ccc([C@H]3[C@H](C(=O)O[C@@H](C)CCCCCC)C3(F)F)cc2)cc1. The Bertz CT molecular complexity index is 940. The Morgan fingerprint density at radius 1 is 0.811 bits per heavy atom. The lowest BCUT2D eigenvalue weighted by atomic mass is 10.0. The summed E-state index contributed by atoms with van der Waals surface area (Å²) in [4.78, 5) is 12.5. The molecule has 0 aliphatic heterocycles. The van der Waals surface area contributed by atoms with Gasteiger partial charge in [-0.25, -0.2) is 8.78 Å². The summed E-state index contributed by atoms with van der Waals surface area (Å²) >= 11 is 0. The number of esters is 1. The Balaban J connectivity index is 1.48. The van der Waals surface area contributed by atoms with Crippen LogP contribution in [0.4, 0.5) is 8.78 Å². The summed E-state index contributed by atoms with van der Waals surface area (Å²) in [7, 11) is 0. The number of benzene rings is 2. The molecule has 37 heavy (non-hydrogen) atoms. The lowest BCUT2D eigenvalue weighted by molar-refractivity contribution is -0.152. The molecule has 5 heteroatoms. The van der Waals surface area contributed by atoms with Gasteiger partial charge >= 0.3 is 5.97 Å². The summed E-state index contributed by atoms with van der Waals surface area (Å²) in [5, 5.41) is 0. The number of ether oxygens (including phenoxy) is 2. The Labute approximate surface area is 222 Å². The molecule has 0 unspecified atom stereocenters. The second-order valence-electron chi connectivity index (χ2n) is 10.5. The third-order valence-electron chi connectivity index (χ3n) is 7.31. The molecule has 0 N–H and O–H groups in total. The quantitative estimate of drug-likeness (QED) is 0.156. The molecule has 0 spiro atoms. The summed E-state index contributed by atoms with van der Waals surface area (Å²) in [6, 6.07) is 15.0. The van der Waals surface area contributed by atoms with Crippen molar-refractivity contribution in [3.63, 3.8) is 0 Å². The fourth-order valence-electron chi connectivity index (χ4n) is 4.92. The highest BCUT2D eigenvalue weighted by Gasteiger charge is 2.73. The number of rotatable bonds is 17. The van der Waals surface area contributed by atoms with Crippen LogP contribution in [0.15, 0.2) is 48.5 Å². The van der Waals surface area contributed by atoms with Gasteiger partial charge in [0.05, 0.1) is 18.6 Å². The van der Waals surface area contributed by atoms with Gasteiger partial charge in [-0.15, -0.1) is 0 Å². The Morgan fingerprint density at radius 2 is 1.35 bits per heavy atom. The summed E-state index contributed by atoms with van der Waals surface area (Å²) in [6.07, 6.45) is 12.0. The molecule has 0 aromatic heterocycles. The largest absolute Gasteiger partial charge is 0.494 e. The van der Waals surface area contributed by atoms with Crippen LogP contribution in [0.25, 0.3) is 11.1 Å². The average Bonchev–Trinajstić information content (AvgIpc) is 3.48. The van der Waals surface area contributed by atoms with Gasteiger partial charge in [-0.05, 0) is 55.0 Å². The molecule has 0 heterocycles. The molecule has 3 atom stereocenters. The van der Waals surface area contributed by atoms with Crippen molar-refractivity contribution < 1.29 is 23.0 Å². The zero-order chi connectivity index (χ0) is 26.7. The second kappa shape index (κ2) is 14.5. The van der Waals surface area contributed by atoms with Crippen LogP contribution in [0.2, 0.25) is 0 Å². The maximum absolute atomic E-state index is 14.6. The second-order valence-corrected chi connectivity index (χ2v) is 10.5. The van der Waals surface area contributed by atoms with Gasteiger partial charge in [0.1, 0.15) is 11.7 Å². The molecule has 0 saturated heterocycles. The normalized spacial score (nSPS) is 18.8. The molecule has 1 aliphatic rings. The van der Waals surface area contributed by atoms with E-state index >= 15 is 0 Å². The summed E-state index contributed by atoms with van der Waals surface area (Å²) in [5.74, 6) is -5.50. The van der Waals surface area contributed by atoms with Crippen molar-refractivity contribution in [2.75, 3.05) is 6.61 Å². The van der Waals surface area contributed by atoms with Crippen molar-refractivity contribution in [2.45, 2.75) is 109 Å². The van der Waals surface area contributed by atoms with Gasteiger partial charge in [0.25, 0.3) is 5.92 Å². The van der Waals surface area contributed by atoms with E-state index < -0.39 is 23.7 Å². The van der Waals surface area contributed by atoms with Crippen LogP contribution < -0.4 is 4.74 Å². The maximum Gasteiger partial charge on any atom is 0.316 e. The number of halogens is 2. The highest BCUT2D eigenvalue weighted by atomic mass is 19.3. The minimum Gasteiger partial charge on any atom is -0.494 e. The maximum atomic E-state index is 14.6. The molecule has 2 aromatic carbocycles. The van der Waals surface area contributed by atoms with E-state index in [0.29, 0.717) is 12.0 Å². The number of hydrogen-bond acceptors (Lipinski definition) is 3. The molecule has 1 aliphatic carbocycles. The van der Waals surface area contributed by atoms with Gasteiger partial charge in [0.15, 0.2) is 0 Å². The van der Waals surface area contributed by atoms with Gasteiger partial charge < -0.3 is 9.47 Å². The predicted octanol–water partition coefficient (Wildman–Crippen LogP) is 9.34. The number of alkyl halides is 2. The van der Waals surface area contributed by atoms with Crippen molar-refractivity contribution >= 4 is 5.97 Å². The molecule has 3 nitrogen and oxygen atoms in total. The van der Waals surface area contributed by atoms with E-state index in [1.807, 2.05) is 36.4 Å². The highest BCUT2D eigenvalue weighted by Crippen LogP contribution is 2.62. The number of unbranched alkanes of at least 4 members (excludes halogenated alkanes) is 8. The number of hydrogen-bond donors (Lipinski definition) is 0. The van der Waals surface area contributed by atoms with Crippen molar-refractivity contribution in [1.29, 1.82) is 0 Å². The lowest BCUT2D eigenvalue weighted by Crippen LogP contribution is -2.18. The first-order chi connectivity index (χ1) is 17.9. The smallest absolute Gasteiger partial charge is 0.316 e. The van der Waals surface area contributed by atoms with Crippen molar-refractivity contribution in [2.24, 2.45) is 5.92 Å². The third-order valence-corrected chi connectivity index (χ3v) is 7.31. The number of carbonyl (C=O) groups is 1. The Kier molecular flexibility index (Phi) is 11.4. The van der Waals surface area contributed by atoms with E-state index in [1.54, 1.807) is 19.1 Å². The standard InChI is InChI=1S/C32H44F2O3/c1-4-6-8-10-11-13-23-36-28-21-19-26(20-22-28)25-15-17-27(18-16-25)29-30(32(29,33)34)31(35)37-24(3)14-12-9-7-5-2/h15-22,24,29-30H,4-14,23H2,1-3H3/t24-,29-,30+/m0/s1. The third kappa shape index (κ3) is 8.55. The van der Waals surface area contributed by atoms with Gasteiger partial charge in [0.2, 0.25) is 0 Å². The molecule has 1 fully saturated rings. The molecule has 0 amide bonds. The minimum atomic E-state index is -3.06. The van der Waals surface area contributed by atoms with Gasteiger partial charge in [0, 0.05) is 0 Å². The average molecular weight is 515 g/mol. The van der Waals surface area contributed by atoms with Crippen LogP contribution in [0, 0.1) is 5.92 Å². The van der Waals surface area contributed by atoms with Crippen LogP contribution in [-0.2, 0) is 9.53 Å². The first-order valence-corrected chi connectivity index (χ1v) is 14.3. The summed E-state index contributed by atoms with van der Waals surface area (Å²) in [5.41, 5.74) is 2.41. The van der Waals surface area contributed by atoms with E-state index in [4.69, 9.17) is 9.47 Å². The summed E-state index contributed by atoms with van der Waals surface area (Å²) in [6.45, 7) is 6.86. The first-order valence-electron chi connectivity index (χ1n) is 14.3. The minimum absolute atomic E-state index is 0.332. The number of carbonyl (C=O) groups excluding carboxylic acids is 1. The molecular formula is C32H44F2O3. The van der Waals surface area contributed by atoms with Crippen LogP contribution in [0.1, 0.15) is 103 Å². The van der Waals surface area contributed by atoms with E-state index in [9.17, 15) is 13.6 Å². The van der Waals surface area contributed by atoms with Crippen LogP contribution in [-0.4, -0.2) is 24.6 Å². The van der Waals surface area contributed by atoms with Crippen LogP contribution in [0.5, 0.6) is 5.75 Å². The van der Waals surface area contributed by atoms with Crippen LogP contribution in [0.3, 0.4) is 0 Å². The first kappa shape index (κ1) is 29.1. The molecule has 1 saturated carbocycles. The van der Waals surface area contributed by atoms with Gasteiger partial charge in [-0.1, -0.05) is 102 Å². The fraction of sp³-hybridized carbons (Fsp3) is 0.594. The molecule has 0 radical (unpaired) electrons. The molecule has 204 valence electrons. The van der Waals surface area contributed by atoms with E-state index in [2.05, 4.69) is 13.8 Å².